The van der Waals surface area contributed by atoms with Crippen LogP contribution >= 0.6 is 0 Å². The molecule has 3 rings (SSSR count). The molecule has 7 nitrogen and oxygen atoms in total. The van der Waals surface area contributed by atoms with Crippen molar-refractivity contribution in [3.63, 3.8) is 0 Å². The second-order valence-corrected chi connectivity index (χ2v) is 6.13. The lowest BCUT2D eigenvalue weighted by Gasteiger charge is -2.12. The fraction of sp³-hybridized carbons (Fsp3) is 0.353. The number of nitrogens with one attached hydrogen (secondary N) is 1. The standard InChI is InChI=1S/C17H19N3O4/c1-9-5-11-12(8-24-14(11)6-10(9)2)15(21)18-13-7-19(3)17(23)20(4)16(13)22/h5-7,12H,8H2,1-4H3,(H,18,21). The Morgan fingerprint density at radius 3 is 2.58 bits per heavy atom. The third-order valence-electron chi connectivity index (χ3n) is 4.43. The normalized spacial score (nSPS) is 15.8. The minimum absolute atomic E-state index is 0.0712. The minimum atomic E-state index is -0.536. The monoisotopic (exact) mass is 329 g/mol. The molecule has 1 atom stereocenters. The number of aromatic nitrogens is 2. The van der Waals surface area contributed by atoms with Crippen LogP contribution in [0.5, 0.6) is 5.75 Å². The highest BCUT2D eigenvalue weighted by molar-refractivity contribution is 5.96. The van der Waals surface area contributed by atoms with Gasteiger partial charge in [-0.1, -0.05) is 6.07 Å². The van der Waals surface area contributed by atoms with Crippen molar-refractivity contribution < 1.29 is 9.53 Å². The van der Waals surface area contributed by atoms with Gasteiger partial charge in [0.15, 0.2) is 0 Å². The predicted molar refractivity (Wildman–Crippen MR) is 89.7 cm³/mol. The molecular formula is C17H19N3O4. The fourth-order valence-corrected chi connectivity index (χ4v) is 2.80. The van der Waals surface area contributed by atoms with Gasteiger partial charge in [0.1, 0.15) is 24.0 Å². The Bertz CT molecular complexity index is 956. The molecule has 1 amide bonds. The minimum Gasteiger partial charge on any atom is -0.492 e. The molecule has 0 bridgehead atoms. The van der Waals surface area contributed by atoms with E-state index in [2.05, 4.69) is 5.32 Å². The van der Waals surface area contributed by atoms with Crippen LogP contribution in [0.25, 0.3) is 0 Å². The molecule has 1 aliphatic rings. The maximum Gasteiger partial charge on any atom is 0.330 e. The number of rotatable bonds is 2. The molecular weight excluding hydrogens is 310 g/mol. The van der Waals surface area contributed by atoms with E-state index in [0.717, 1.165) is 21.3 Å². The van der Waals surface area contributed by atoms with E-state index >= 15 is 0 Å². The number of hydrogen-bond donors (Lipinski definition) is 1. The number of ether oxygens (including phenoxy) is 1. The second-order valence-electron chi connectivity index (χ2n) is 6.13. The van der Waals surface area contributed by atoms with Gasteiger partial charge in [-0.2, -0.15) is 0 Å². The lowest BCUT2D eigenvalue weighted by Crippen LogP contribution is -2.39. The zero-order valence-corrected chi connectivity index (χ0v) is 14.0. The molecule has 1 N–H and O–H groups in total. The summed E-state index contributed by atoms with van der Waals surface area (Å²) in [6.45, 7) is 4.20. The molecule has 0 fully saturated rings. The van der Waals surface area contributed by atoms with E-state index in [4.69, 9.17) is 4.74 Å². The van der Waals surface area contributed by atoms with E-state index in [1.807, 2.05) is 26.0 Å². The van der Waals surface area contributed by atoms with Crippen LogP contribution in [0, 0.1) is 13.8 Å². The summed E-state index contributed by atoms with van der Waals surface area (Å²) in [4.78, 5) is 36.5. The molecule has 2 aromatic rings. The van der Waals surface area contributed by atoms with Gasteiger partial charge in [-0.3, -0.25) is 14.2 Å². The van der Waals surface area contributed by atoms with Gasteiger partial charge in [-0.25, -0.2) is 4.79 Å². The van der Waals surface area contributed by atoms with Crippen LogP contribution in [0.3, 0.4) is 0 Å². The Kier molecular flexibility index (Phi) is 3.79. The second kappa shape index (κ2) is 5.67. The molecule has 0 radical (unpaired) electrons. The Morgan fingerprint density at radius 1 is 1.21 bits per heavy atom. The first-order valence-corrected chi connectivity index (χ1v) is 7.61. The largest absolute Gasteiger partial charge is 0.492 e. The molecule has 0 spiro atoms. The van der Waals surface area contributed by atoms with Gasteiger partial charge in [0.2, 0.25) is 5.91 Å². The van der Waals surface area contributed by atoms with Crippen LogP contribution in [-0.4, -0.2) is 21.6 Å². The van der Waals surface area contributed by atoms with Crippen molar-refractivity contribution in [2.24, 2.45) is 14.1 Å². The number of carbonyl (C=O) groups excluding carboxylic acids is 1. The summed E-state index contributed by atoms with van der Waals surface area (Å²) in [7, 11) is 2.90. The highest BCUT2D eigenvalue weighted by Gasteiger charge is 2.31. The van der Waals surface area contributed by atoms with Crippen LogP contribution < -0.4 is 21.3 Å². The summed E-state index contributed by atoms with van der Waals surface area (Å²) in [5.41, 5.74) is 2.08. The fourth-order valence-electron chi connectivity index (χ4n) is 2.80. The summed E-state index contributed by atoms with van der Waals surface area (Å²) in [6, 6.07) is 3.87. The van der Waals surface area contributed by atoms with Crippen molar-refractivity contribution in [3.05, 3.63) is 55.9 Å². The summed E-state index contributed by atoms with van der Waals surface area (Å²) in [5.74, 6) is -0.111. The van der Waals surface area contributed by atoms with Crippen LogP contribution in [0.1, 0.15) is 22.6 Å². The van der Waals surface area contributed by atoms with Crippen molar-refractivity contribution in [2.45, 2.75) is 19.8 Å². The average molecular weight is 329 g/mol. The van der Waals surface area contributed by atoms with Gasteiger partial charge in [0, 0.05) is 25.9 Å². The molecule has 0 saturated carbocycles. The van der Waals surface area contributed by atoms with Crippen molar-refractivity contribution in [1.29, 1.82) is 0 Å². The quantitative estimate of drug-likeness (QED) is 0.884. The highest BCUT2D eigenvalue weighted by atomic mass is 16.5. The summed E-state index contributed by atoms with van der Waals surface area (Å²) >= 11 is 0. The molecule has 1 aliphatic heterocycles. The molecule has 24 heavy (non-hydrogen) atoms. The highest BCUT2D eigenvalue weighted by Crippen LogP contribution is 2.36. The number of aryl methyl sites for hydroxylation is 3. The summed E-state index contributed by atoms with van der Waals surface area (Å²) in [6.07, 6.45) is 1.33. The smallest absolute Gasteiger partial charge is 0.330 e. The molecule has 1 unspecified atom stereocenters. The molecule has 0 saturated heterocycles. The van der Waals surface area contributed by atoms with Gasteiger partial charge in [-0.15, -0.1) is 0 Å². The van der Waals surface area contributed by atoms with E-state index in [-0.39, 0.29) is 18.2 Å². The van der Waals surface area contributed by atoms with Crippen LogP contribution in [0.4, 0.5) is 5.69 Å². The van der Waals surface area contributed by atoms with Crippen LogP contribution in [0.2, 0.25) is 0 Å². The third-order valence-corrected chi connectivity index (χ3v) is 4.43. The number of carbonyl (C=O) groups is 1. The first-order valence-electron chi connectivity index (χ1n) is 7.61. The van der Waals surface area contributed by atoms with Crippen molar-refractivity contribution in [3.8, 4) is 5.75 Å². The SMILES string of the molecule is Cc1cc2c(cc1C)C(C(=O)Nc1cn(C)c(=O)n(C)c1=O)CO2. The topological polar surface area (TPSA) is 82.3 Å². The number of nitrogens with zero attached hydrogens (tertiary/aromatic N) is 2. The van der Waals surface area contributed by atoms with Gasteiger partial charge in [0.05, 0.1) is 0 Å². The lowest BCUT2D eigenvalue weighted by atomic mass is 9.96. The third kappa shape index (κ3) is 2.51. The Labute approximate surface area is 138 Å². The van der Waals surface area contributed by atoms with Crippen molar-refractivity contribution >= 4 is 11.6 Å². The first-order chi connectivity index (χ1) is 11.3. The van der Waals surface area contributed by atoms with E-state index < -0.39 is 17.2 Å². The van der Waals surface area contributed by atoms with Crippen molar-refractivity contribution in [2.75, 3.05) is 11.9 Å². The number of benzene rings is 1. The number of anilines is 1. The van der Waals surface area contributed by atoms with E-state index in [9.17, 15) is 14.4 Å². The molecule has 126 valence electrons. The lowest BCUT2D eigenvalue weighted by molar-refractivity contribution is -0.117. The molecule has 2 heterocycles. The van der Waals surface area contributed by atoms with Gasteiger partial charge in [-0.05, 0) is 31.0 Å². The Morgan fingerprint density at radius 2 is 1.88 bits per heavy atom. The molecule has 7 heteroatoms. The average Bonchev–Trinajstić information content (AvgIpc) is 2.93. The number of amides is 1. The maximum absolute atomic E-state index is 12.6. The Hall–Kier alpha value is -2.83. The first kappa shape index (κ1) is 16.0. The zero-order chi connectivity index (χ0) is 17.6. The van der Waals surface area contributed by atoms with Gasteiger partial charge >= 0.3 is 5.69 Å². The number of fused-ring (bicyclic) bond motifs is 1. The number of hydrogen-bond acceptors (Lipinski definition) is 4. The van der Waals surface area contributed by atoms with E-state index in [1.165, 1.54) is 24.9 Å². The van der Waals surface area contributed by atoms with Gasteiger partial charge in [0.25, 0.3) is 5.56 Å². The van der Waals surface area contributed by atoms with Gasteiger partial charge < -0.3 is 14.6 Å². The zero-order valence-electron chi connectivity index (χ0n) is 14.0. The molecule has 0 aliphatic carbocycles. The maximum atomic E-state index is 12.6. The van der Waals surface area contributed by atoms with Crippen LogP contribution in [-0.2, 0) is 18.9 Å². The van der Waals surface area contributed by atoms with Crippen LogP contribution in [0.15, 0.2) is 27.9 Å². The predicted octanol–water partition coefficient (Wildman–Crippen LogP) is 0.816. The molecule has 1 aromatic carbocycles. The Balaban J connectivity index is 1.93. The van der Waals surface area contributed by atoms with E-state index in [0.29, 0.717) is 5.75 Å². The molecule has 1 aromatic heterocycles. The summed E-state index contributed by atoms with van der Waals surface area (Å²) < 4.78 is 7.82. The van der Waals surface area contributed by atoms with E-state index in [1.54, 1.807) is 0 Å². The van der Waals surface area contributed by atoms with Crippen molar-refractivity contribution in [1.82, 2.24) is 9.13 Å². The summed E-state index contributed by atoms with van der Waals surface area (Å²) in [5, 5.41) is 2.62.